The van der Waals surface area contributed by atoms with Crippen LogP contribution in [0.1, 0.15) is 0 Å². The molecule has 2 aromatic rings. The topological polar surface area (TPSA) is 62.3 Å². The van der Waals surface area contributed by atoms with E-state index in [1.165, 1.54) is 24.4 Å². The lowest BCUT2D eigenvalue weighted by molar-refractivity contribution is -0.274. The molecule has 1 heterocycles. The lowest BCUT2D eigenvalue weighted by Crippen LogP contribution is -2.17. The van der Waals surface area contributed by atoms with E-state index < -0.39 is 6.36 Å². The summed E-state index contributed by atoms with van der Waals surface area (Å²) in [5.41, 5.74) is 6.06. The molecule has 0 radical (unpaired) electrons. The fourth-order valence-electron chi connectivity index (χ4n) is 1.54. The molecule has 0 unspecified atom stereocenters. The Morgan fingerprint density at radius 1 is 1.33 bits per heavy atom. The molecule has 0 aliphatic rings. The molecule has 5 nitrogen and oxygen atoms in total. The van der Waals surface area contributed by atoms with Crippen LogP contribution < -0.4 is 15.2 Å². The number of alkyl halides is 3. The van der Waals surface area contributed by atoms with Gasteiger partial charge in [-0.25, -0.2) is 0 Å². The van der Waals surface area contributed by atoms with Gasteiger partial charge in [-0.1, -0.05) is 0 Å². The number of nitrogens with two attached hydrogens (primary N) is 1. The fourth-order valence-corrected chi connectivity index (χ4v) is 1.98. The van der Waals surface area contributed by atoms with Gasteiger partial charge in [0.25, 0.3) is 0 Å². The van der Waals surface area contributed by atoms with Crippen molar-refractivity contribution in [2.24, 2.45) is 0 Å². The van der Waals surface area contributed by atoms with Crippen molar-refractivity contribution in [2.75, 3.05) is 12.3 Å². The van der Waals surface area contributed by atoms with Crippen LogP contribution in [0, 0.1) is 0 Å². The zero-order valence-electron chi connectivity index (χ0n) is 10.6. The van der Waals surface area contributed by atoms with Crippen LogP contribution >= 0.6 is 15.9 Å². The summed E-state index contributed by atoms with van der Waals surface area (Å²) in [6, 6.07) is 3.97. The zero-order valence-corrected chi connectivity index (χ0v) is 12.2. The highest BCUT2D eigenvalue weighted by Crippen LogP contribution is 2.33. The molecule has 0 saturated heterocycles. The molecule has 0 aliphatic heterocycles. The number of rotatable bonds is 5. The van der Waals surface area contributed by atoms with E-state index >= 15 is 0 Å². The van der Waals surface area contributed by atoms with Gasteiger partial charge in [-0.3, -0.25) is 4.68 Å². The second kappa shape index (κ2) is 6.25. The van der Waals surface area contributed by atoms with E-state index in [0.717, 1.165) is 0 Å². The summed E-state index contributed by atoms with van der Waals surface area (Å²) in [6.07, 6.45) is -1.57. The number of ether oxygens (including phenoxy) is 2. The molecule has 1 aromatic carbocycles. The Bertz CT molecular complexity index is 616. The van der Waals surface area contributed by atoms with Gasteiger partial charge in [-0.15, -0.1) is 13.2 Å². The average molecular weight is 366 g/mol. The van der Waals surface area contributed by atoms with E-state index in [1.54, 1.807) is 10.9 Å². The molecule has 114 valence electrons. The van der Waals surface area contributed by atoms with Crippen molar-refractivity contribution in [1.82, 2.24) is 9.78 Å². The first kappa shape index (κ1) is 15.5. The molecule has 0 fully saturated rings. The molecule has 0 aliphatic carbocycles. The summed E-state index contributed by atoms with van der Waals surface area (Å²) < 4.78 is 47.4. The molecule has 1 aromatic heterocycles. The Hall–Kier alpha value is -1.90. The maximum Gasteiger partial charge on any atom is 0.573 e. The Morgan fingerprint density at radius 2 is 2.10 bits per heavy atom. The van der Waals surface area contributed by atoms with E-state index in [-0.39, 0.29) is 10.2 Å². The van der Waals surface area contributed by atoms with Gasteiger partial charge >= 0.3 is 6.36 Å². The van der Waals surface area contributed by atoms with Crippen LogP contribution in [0.25, 0.3) is 0 Å². The number of nitrogens with zero attached hydrogens (tertiary/aromatic N) is 2. The van der Waals surface area contributed by atoms with Gasteiger partial charge < -0.3 is 15.2 Å². The van der Waals surface area contributed by atoms with Gasteiger partial charge in [-0.2, -0.15) is 5.10 Å². The highest BCUT2D eigenvalue weighted by atomic mass is 79.9. The van der Waals surface area contributed by atoms with Gasteiger partial charge in [0.2, 0.25) is 0 Å². The SMILES string of the molecule is Nc1cnn(CCOc2ccc(OC(F)(F)F)c(Br)c2)c1. The van der Waals surface area contributed by atoms with E-state index in [0.29, 0.717) is 24.6 Å². The van der Waals surface area contributed by atoms with Crippen LogP contribution in [0.2, 0.25) is 0 Å². The Morgan fingerprint density at radius 3 is 2.67 bits per heavy atom. The predicted molar refractivity (Wildman–Crippen MR) is 73.0 cm³/mol. The van der Waals surface area contributed by atoms with Gasteiger partial charge in [0.05, 0.1) is 22.9 Å². The third-order valence-electron chi connectivity index (χ3n) is 2.37. The zero-order chi connectivity index (χ0) is 15.5. The van der Waals surface area contributed by atoms with Crippen molar-refractivity contribution in [3.8, 4) is 11.5 Å². The normalized spacial score (nSPS) is 11.4. The number of benzene rings is 1. The third kappa shape index (κ3) is 4.85. The quantitative estimate of drug-likeness (QED) is 0.883. The van der Waals surface area contributed by atoms with Gasteiger partial charge in [0, 0.05) is 6.20 Å². The van der Waals surface area contributed by atoms with Crippen molar-refractivity contribution in [3.63, 3.8) is 0 Å². The molecule has 2 N–H and O–H groups in total. The lowest BCUT2D eigenvalue weighted by Gasteiger charge is -2.12. The van der Waals surface area contributed by atoms with Crippen LogP contribution in [0.3, 0.4) is 0 Å². The van der Waals surface area contributed by atoms with Crippen LogP contribution in [-0.4, -0.2) is 22.7 Å². The molecule has 0 amide bonds. The van der Waals surface area contributed by atoms with Gasteiger partial charge in [-0.05, 0) is 34.1 Å². The van der Waals surface area contributed by atoms with E-state index in [1.807, 2.05) is 0 Å². The van der Waals surface area contributed by atoms with Crippen molar-refractivity contribution < 1.29 is 22.6 Å². The second-order valence-electron chi connectivity index (χ2n) is 4.03. The van der Waals surface area contributed by atoms with Crippen LogP contribution in [0.4, 0.5) is 18.9 Å². The lowest BCUT2D eigenvalue weighted by atomic mass is 10.3. The molecule has 21 heavy (non-hydrogen) atoms. The summed E-state index contributed by atoms with van der Waals surface area (Å²) in [5.74, 6) is 0.0891. The fraction of sp³-hybridized carbons (Fsp3) is 0.250. The van der Waals surface area contributed by atoms with Crippen molar-refractivity contribution in [1.29, 1.82) is 0 Å². The number of aromatic nitrogens is 2. The highest BCUT2D eigenvalue weighted by molar-refractivity contribution is 9.10. The largest absolute Gasteiger partial charge is 0.573 e. The first-order valence-corrected chi connectivity index (χ1v) is 6.59. The van der Waals surface area contributed by atoms with Crippen molar-refractivity contribution >= 4 is 21.6 Å². The first-order chi connectivity index (χ1) is 9.83. The number of hydrogen-bond donors (Lipinski definition) is 1. The van der Waals surface area contributed by atoms with Crippen LogP contribution in [0.5, 0.6) is 11.5 Å². The minimum atomic E-state index is -4.73. The molecular weight excluding hydrogens is 355 g/mol. The number of anilines is 1. The number of nitrogen functional groups attached to an aromatic ring is 1. The molecular formula is C12H11BrF3N3O2. The standard InChI is InChI=1S/C12H11BrF3N3O2/c13-10-5-9(1-2-11(10)21-12(14,15)16)20-4-3-19-7-8(17)6-18-19/h1-2,5-7H,3-4,17H2. The minimum Gasteiger partial charge on any atom is -0.492 e. The third-order valence-corrected chi connectivity index (χ3v) is 2.99. The Labute approximate surface area is 126 Å². The highest BCUT2D eigenvalue weighted by Gasteiger charge is 2.31. The first-order valence-electron chi connectivity index (χ1n) is 5.79. The van der Waals surface area contributed by atoms with Crippen LogP contribution in [0.15, 0.2) is 35.1 Å². The van der Waals surface area contributed by atoms with Crippen molar-refractivity contribution in [3.05, 3.63) is 35.1 Å². The molecule has 9 heteroatoms. The van der Waals surface area contributed by atoms with Crippen molar-refractivity contribution in [2.45, 2.75) is 12.9 Å². The van der Waals surface area contributed by atoms with E-state index in [9.17, 15) is 13.2 Å². The molecule has 2 rings (SSSR count). The summed E-state index contributed by atoms with van der Waals surface area (Å²) in [7, 11) is 0. The number of halogens is 4. The summed E-state index contributed by atoms with van der Waals surface area (Å²) in [6.45, 7) is 0.767. The molecule has 0 saturated carbocycles. The van der Waals surface area contributed by atoms with Gasteiger partial charge in [0.15, 0.2) is 0 Å². The summed E-state index contributed by atoms with van der Waals surface area (Å²) in [5, 5.41) is 3.98. The average Bonchev–Trinajstić information content (AvgIpc) is 2.77. The number of hydrogen-bond acceptors (Lipinski definition) is 4. The monoisotopic (exact) mass is 365 g/mol. The summed E-state index contributed by atoms with van der Waals surface area (Å²) >= 11 is 3.00. The maximum atomic E-state index is 12.1. The summed E-state index contributed by atoms with van der Waals surface area (Å²) in [4.78, 5) is 0. The Kier molecular flexibility index (Phi) is 4.61. The smallest absolute Gasteiger partial charge is 0.492 e. The second-order valence-corrected chi connectivity index (χ2v) is 4.88. The van der Waals surface area contributed by atoms with Gasteiger partial charge in [0.1, 0.15) is 18.1 Å². The molecule has 0 spiro atoms. The maximum absolute atomic E-state index is 12.1. The predicted octanol–water partition coefficient (Wildman–Crippen LogP) is 3.21. The molecule has 0 bridgehead atoms. The molecule has 0 atom stereocenters. The minimum absolute atomic E-state index is 0.153. The Balaban J connectivity index is 1.91. The van der Waals surface area contributed by atoms with Crippen LogP contribution in [-0.2, 0) is 6.54 Å². The van der Waals surface area contributed by atoms with E-state index in [4.69, 9.17) is 10.5 Å². The van der Waals surface area contributed by atoms with E-state index in [2.05, 4.69) is 25.8 Å².